The highest BCUT2D eigenvalue weighted by molar-refractivity contribution is 6.13. The minimum absolute atomic E-state index is 0.228. The van der Waals surface area contributed by atoms with Crippen molar-refractivity contribution in [2.45, 2.75) is 63.7 Å². The third-order valence-electron chi connectivity index (χ3n) is 5.04. The van der Waals surface area contributed by atoms with Crippen LogP contribution in [0.2, 0.25) is 0 Å². The Morgan fingerprint density at radius 1 is 1.09 bits per heavy atom. The first-order chi connectivity index (χ1) is 11.2. The van der Waals surface area contributed by atoms with Crippen LogP contribution in [0.25, 0.3) is 0 Å². The van der Waals surface area contributed by atoms with Crippen LogP contribution in [0.15, 0.2) is 24.3 Å². The predicted octanol–water partition coefficient (Wildman–Crippen LogP) is 4.23. The molecule has 1 saturated carbocycles. The number of hydrogen-bond donors (Lipinski definition) is 2. The zero-order chi connectivity index (χ0) is 16.5. The van der Waals surface area contributed by atoms with E-state index in [2.05, 4.69) is 41.3 Å². The zero-order valence-electron chi connectivity index (χ0n) is 14.2. The molecule has 3 nitrogen and oxygen atoms in total. The third kappa shape index (κ3) is 4.71. The summed E-state index contributed by atoms with van der Waals surface area (Å²) in [6.45, 7) is 3.75. The fourth-order valence-electron chi connectivity index (χ4n) is 3.75. The number of carbonyl (C=O) groups is 1. The first-order valence-electron chi connectivity index (χ1n) is 8.88. The van der Waals surface area contributed by atoms with E-state index in [9.17, 15) is 4.79 Å². The summed E-state index contributed by atoms with van der Waals surface area (Å²) in [5.41, 5.74) is 2.16. The molecular formula is C19H29ClN2O. The monoisotopic (exact) mass is 336 g/mol. The maximum Gasteiger partial charge on any atom is 0.230 e. The number of benzene rings is 1. The lowest BCUT2D eigenvalue weighted by molar-refractivity contribution is -0.126. The molecule has 4 heteroatoms. The lowest BCUT2D eigenvalue weighted by Crippen LogP contribution is -2.43. The van der Waals surface area contributed by atoms with Gasteiger partial charge in [-0.3, -0.25) is 4.79 Å². The van der Waals surface area contributed by atoms with Crippen molar-refractivity contribution in [1.82, 2.24) is 10.2 Å². The number of unbranched alkanes of at least 4 members (excludes halogenated alkanes) is 3. The second kappa shape index (κ2) is 9.29. The molecule has 0 unspecified atom stereocenters. The van der Waals surface area contributed by atoms with Crippen LogP contribution in [-0.4, -0.2) is 19.0 Å². The van der Waals surface area contributed by atoms with E-state index in [1.807, 2.05) is 0 Å². The summed E-state index contributed by atoms with van der Waals surface area (Å²) in [5, 5.41) is 3.20. The quantitative estimate of drug-likeness (QED) is 0.523. The van der Waals surface area contributed by atoms with E-state index in [1.54, 1.807) is 0 Å². The molecule has 1 fully saturated rings. The molecule has 0 bridgehead atoms. The minimum Gasteiger partial charge on any atom is -0.355 e. The van der Waals surface area contributed by atoms with Crippen molar-refractivity contribution in [2.75, 3.05) is 13.1 Å². The largest absolute Gasteiger partial charge is 0.355 e. The van der Waals surface area contributed by atoms with Gasteiger partial charge in [0.15, 0.2) is 0 Å². The van der Waals surface area contributed by atoms with Gasteiger partial charge in [0.05, 0.1) is 5.41 Å². The summed E-state index contributed by atoms with van der Waals surface area (Å²) in [6.07, 6.45) is 8.66. The Bertz CT molecular complexity index is 498. The van der Waals surface area contributed by atoms with Gasteiger partial charge in [0.25, 0.3) is 0 Å². The number of amides is 1. The Morgan fingerprint density at radius 2 is 1.74 bits per heavy atom. The number of halogens is 1. The number of rotatable bonds is 9. The molecule has 0 spiro atoms. The van der Waals surface area contributed by atoms with E-state index in [4.69, 9.17) is 11.8 Å². The van der Waals surface area contributed by atoms with E-state index in [0.717, 1.165) is 64.5 Å². The first-order valence-corrected chi connectivity index (χ1v) is 9.26. The molecule has 0 aliphatic heterocycles. The topological polar surface area (TPSA) is 41.1 Å². The molecule has 0 saturated heterocycles. The van der Waals surface area contributed by atoms with Crippen LogP contribution in [0.5, 0.6) is 0 Å². The molecule has 0 heterocycles. The van der Waals surface area contributed by atoms with Crippen LogP contribution in [0, 0.1) is 6.92 Å². The van der Waals surface area contributed by atoms with E-state index in [1.165, 1.54) is 11.1 Å². The summed E-state index contributed by atoms with van der Waals surface area (Å²) >= 11 is 5.44. The van der Waals surface area contributed by atoms with Gasteiger partial charge in [-0.05, 0) is 55.5 Å². The Balaban J connectivity index is 1.89. The second-order valence-corrected chi connectivity index (χ2v) is 6.93. The molecule has 0 radical (unpaired) electrons. The fraction of sp³-hybridized carbons (Fsp3) is 0.632. The number of nitrogens with one attached hydrogen (secondary N) is 2. The maximum absolute atomic E-state index is 12.9. The van der Waals surface area contributed by atoms with E-state index in [0.29, 0.717) is 0 Å². The molecule has 1 amide bonds. The summed E-state index contributed by atoms with van der Waals surface area (Å²) in [4.78, 5) is 15.6. The summed E-state index contributed by atoms with van der Waals surface area (Å²) in [7, 11) is 0. The van der Waals surface area contributed by atoms with Crippen molar-refractivity contribution >= 4 is 17.7 Å². The first kappa shape index (κ1) is 18.3. The average molecular weight is 337 g/mol. The van der Waals surface area contributed by atoms with Crippen molar-refractivity contribution in [1.29, 1.82) is 0 Å². The standard InChI is InChI=1S/C19H29ClN2O/c1-16-10-4-5-11-17(16)19(12-6-7-13-19)18(23)21-14-8-2-3-9-15-22-20/h4-5,10-11,22H,2-3,6-9,12-15H2,1H3,(H,21,23). The van der Waals surface area contributed by atoms with Gasteiger partial charge >= 0.3 is 0 Å². The van der Waals surface area contributed by atoms with E-state index in [-0.39, 0.29) is 11.3 Å². The summed E-state index contributed by atoms with van der Waals surface area (Å²) < 4.78 is 0. The highest BCUT2D eigenvalue weighted by Crippen LogP contribution is 2.42. The van der Waals surface area contributed by atoms with Gasteiger partial charge in [-0.2, -0.15) is 0 Å². The molecular weight excluding hydrogens is 308 g/mol. The fourth-order valence-corrected chi connectivity index (χ4v) is 3.88. The Hall–Kier alpha value is -1.06. The molecule has 1 aliphatic carbocycles. The number of aryl methyl sites for hydroxylation is 1. The molecule has 1 aromatic carbocycles. The normalized spacial score (nSPS) is 16.4. The van der Waals surface area contributed by atoms with Crippen molar-refractivity contribution < 1.29 is 4.79 Å². The Kier molecular flexibility index (Phi) is 7.38. The molecule has 0 aromatic heterocycles. The van der Waals surface area contributed by atoms with E-state index >= 15 is 0 Å². The highest BCUT2D eigenvalue weighted by atomic mass is 35.5. The smallest absolute Gasteiger partial charge is 0.230 e. The molecule has 1 aliphatic rings. The maximum atomic E-state index is 12.9. The Morgan fingerprint density at radius 3 is 2.39 bits per heavy atom. The average Bonchev–Trinajstić information content (AvgIpc) is 3.05. The molecule has 1 aromatic rings. The molecule has 128 valence electrons. The molecule has 0 atom stereocenters. The highest BCUT2D eigenvalue weighted by Gasteiger charge is 2.43. The summed E-state index contributed by atoms with van der Waals surface area (Å²) in [5.74, 6) is 0.228. The third-order valence-corrected chi connectivity index (χ3v) is 5.22. The number of hydrogen-bond acceptors (Lipinski definition) is 2. The van der Waals surface area contributed by atoms with Gasteiger partial charge in [-0.25, -0.2) is 4.84 Å². The lowest BCUT2D eigenvalue weighted by atomic mass is 9.76. The van der Waals surface area contributed by atoms with Gasteiger partial charge in [0.1, 0.15) is 0 Å². The van der Waals surface area contributed by atoms with Gasteiger partial charge in [0, 0.05) is 13.1 Å². The van der Waals surface area contributed by atoms with Crippen LogP contribution < -0.4 is 10.2 Å². The van der Waals surface area contributed by atoms with Crippen molar-refractivity contribution in [3.8, 4) is 0 Å². The van der Waals surface area contributed by atoms with Crippen LogP contribution in [-0.2, 0) is 10.2 Å². The van der Waals surface area contributed by atoms with Crippen LogP contribution in [0.1, 0.15) is 62.5 Å². The molecule has 2 N–H and O–H groups in total. The van der Waals surface area contributed by atoms with E-state index < -0.39 is 0 Å². The molecule has 23 heavy (non-hydrogen) atoms. The van der Waals surface area contributed by atoms with Gasteiger partial charge < -0.3 is 5.32 Å². The van der Waals surface area contributed by atoms with Crippen molar-refractivity contribution in [3.05, 3.63) is 35.4 Å². The predicted molar refractivity (Wildman–Crippen MR) is 96.7 cm³/mol. The summed E-state index contributed by atoms with van der Waals surface area (Å²) in [6, 6.07) is 8.36. The zero-order valence-corrected chi connectivity index (χ0v) is 14.9. The van der Waals surface area contributed by atoms with Crippen LogP contribution >= 0.6 is 11.8 Å². The molecule has 2 rings (SSSR count). The van der Waals surface area contributed by atoms with Gasteiger partial charge in [0.2, 0.25) is 5.91 Å². The SMILES string of the molecule is Cc1ccccc1C1(C(=O)NCCCCCCNCl)CCCC1. The number of carbonyl (C=O) groups excluding carboxylic acids is 1. The van der Waals surface area contributed by atoms with Crippen molar-refractivity contribution in [3.63, 3.8) is 0 Å². The Labute approximate surface area is 145 Å². The minimum atomic E-state index is -0.298. The van der Waals surface area contributed by atoms with Crippen LogP contribution in [0.3, 0.4) is 0 Å². The van der Waals surface area contributed by atoms with Crippen LogP contribution in [0.4, 0.5) is 0 Å². The second-order valence-electron chi connectivity index (χ2n) is 6.66. The van der Waals surface area contributed by atoms with Gasteiger partial charge in [-0.15, -0.1) is 0 Å². The lowest BCUT2D eigenvalue weighted by Gasteiger charge is -2.30. The van der Waals surface area contributed by atoms with Crippen molar-refractivity contribution in [2.24, 2.45) is 0 Å². The van der Waals surface area contributed by atoms with Gasteiger partial charge in [-0.1, -0.05) is 49.9 Å².